The molecule has 24 heavy (non-hydrogen) atoms. The Morgan fingerprint density at radius 1 is 1.25 bits per heavy atom. The molecule has 0 spiro atoms. The molecule has 5 nitrogen and oxygen atoms in total. The average Bonchev–Trinajstić information content (AvgIpc) is 2.97. The number of anilines is 2. The second-order valence-electron chi connectivity index (χ2n) is 5.58. The fourth-order valence-electron chi connectivity index (χ4n) is 2.73. The van der Waals surface area contributed by atoms with Crippen LogP contribution in [0.4, 0.5) is 11.4 Å². The summed E-state index contributed by atoms with van der Waals surface area (Å²) in [6, 6.07) is 14.7. The Kier molecular flexibility index (Phi) is 4.85. The van der Waals surface area contributed by atoms with Crippen molar-refractivity contribution in [3.63, 3.8) is 0 Å². The summed E-state index contributed by atoms with van der Waals surface area (Å²) in [5, 5.41) is 2.86. The number of methoxy groups -OCH3 is 1. The van der Waals surface area contributed by atoms with Gasteiger partial charge in [0, 0.05) is 29.2 Å². The third kappa shape index (κ3) is 3.43. The quantitative estimate of drug-likeness (QED) is 0.872. The van der Waals surface area contributed by atoms with Gasteiger partial charge in [-0.3, -0.25) is 9.59 Å². The van der Waals surface area contributed by atoms with Crippen molar-refractivity contribution in [1.82, 2.24) is 0 Å². The molecule has 1 N–H and O–H groups in total. The minimum absolute atomic E-state index is 0.0484. The molecule has 1 unspecified atom stereocenters. The highest BCUT2D eigenvalue weighted by atomic mass is 79.9. The summed E-state index contributed by atoms with van der Waals surface area (Å²) in [5.41, 5.74) is 1.45. The number of nitrogens with zero attached hydrogens (tertiary/aromatic N) is 1. The van der Waals surface area contributed by atoms with Crippen molar-refractivity contribution in [3.8, 4) is 5.75 Å². The molecule has 0 aromatic heterocycles. The lowest BCUT2D eigenvalue weighted by Crippen LogP contribution is -2.28. The Balaban J connectivity index is 1.71. The molecule has 2 amide bonds. The molecular weight excluding hydrogens is 372 g/mol. The van der Waals surface area contributed by atoms with Gasteiger partial charge in [0.05, 0.1) is 18.7 Å². The number of rotatable bonds is 4. The molecule has 0 bridgehead atoms. The van der Waals surface area contributed by atoms with Crippen LogP contribution in [-0.4, -0.2) is 25.5 Å². The molecule has 1 aliphatic rings. The minimum Gasteiger partial charge on any atom is -0.497 e. The summed E-state index contributed by atoms with van der Waals surface area (Å²) in [7, 11) is 1.58. The maximum absolute atomic E-state index is 12.5. The smallest absolute Gasteiger partial charge is 0.229 e. The normalized spacial score (nSPS) is 17.0. The van der Waals surface area contributed by atoms with Crippen molar-refractivity contribution < 1.29 is 14.3 Å². The van der Waals surface area contributed by atoms with Gasteiger partial charge in [0.1, 0.15) is 5.75 Å². The number of halogens is 1. The molecule has 1 saturated heterocycles. The second-order valence-corrected chi connectivity index (χ2v) is 6.43. The van der Waals surface area contributed by atoms with Crippen molar-refractivity contribution in [2.75, 3.05) is 23.9 Å². The van der Waals surface area contributed by atoms with Gasteiger partial charge in [0.2, 0.25) is 11.8 Å². The monoisotopic (exact) mass is 388 g/mol. The van der Waals surface area contributed by atoms with E-state index in [0.29, 0.717) is 18.0 Å². The number of carbonyl (C=O) groups excluding carboxylic acids is 2. The van der Waals surface area contributed by atoms with Crippen LogP contribution in [0.2, 0.25) is 0 Å². The van der Waals surface area contributed by atoms with Crippen LogP contribution in [0, 0.1) is 5.92 Å². The van der Waals surface area contributed by atoms with E-state index in [0.717, 1.165) is 10.2 Å². The lowest BCUT2D eigenvalue weighted by molar-refractivity contribution is -0.122. The highest BCUT2D eigenvalue weighted by Gasteiger charge is 2.35. The van der Waals surface area contributed by atoms with Crippen molar-refractivity contribution >= 4 is 39.1 Å². The molecule has 0 saturated carbocycles. The number of carbonyl (C=O) groups is 2. The molecular formula is C18H17BrN2O3. The maximum Gasteiger partial charge on any atom is 0.229 e. The van der Waals surface area contributed by atoms with E-state index in [4.69, 9.17) is 4.74 Å². The van der Waals surface area contributed by atoms with E-state index in [1.165, 1.54) is 0 Å². The Morgan fingerprint density at radius 3 is 2.79 bits per heavy atom. The average molecular weight is 389 g/mol. The molecule has 6 heteroatoms. The van der Waals surface area contributed by atoms with Crippen LogP contribution < -0.4 is 15.0 Å². The fourth-order valence-corrected chi connectivity index (χ4v) is 3.23. The van der Waals surface area contributed by atoms with Gasteiger partial charge in [0.25, 0.3) is 0 Å². The number of benzene rings is 2. The first kappa shape index (κ1) is 16.5. The van der Waals surface area contributed by atoms with Crippen molar-refractivity contribution in [1.29, 1.82) is 0 Å². The summed E-state index contributed by atoms with van der Waals surface area (Å²) in [6.07, 6.45) is 0.205. The summed E-state index contributed by atoms with van der Waals surface area (Å²) in [5.74, 6) is 0.0831. The van der Waals surface area contributed by atoms with Crippen LogP contribution >= 0.6 is 15.9 Å². The molecule has 0 radical (unpaired) electrons. The van der Waals surface area contributed by atoms with E-state index in [1.54, 1.807) is 24.1 Å². The lowest BCUT2D eigenvalue weighted by atomic mass is 10.1. The molecule has 2 aromatic carbocycles. The number of nitrogens with one attached hydrogen (secondary N) is 1. The van der Waals surface area contributed by atoms with Crippen LogP contribution in [-0.2, 0) is 9.59 Å². The van der Waals surface area contributed by atoms with Gasteiger partial charge in [-0.25, -0.2) is 0 Å². The number of hydrogen-bond acceptors (Lipinski definition) is 3. The topological polar surface area (TPSA) is 58.6 Å². The molecule has 1 atom stereocenters. The van der Waals surface area contributed by atoms with E-state index in [2.05, 4.69) is 21.2 Å². The van der Waals surface area contributed by atoms with Crippen molar-refractivity contribution in [2.24, 2.45) is 5.92 Å². The number of amides is 2. The van der Waals surface area contributed by atoms with E-state index in [1.807, 2.05) is 36.4 Å². The first-order valence-corrected chi connectivity index (χ1v) is 8.37. The van der Waals surface area contributed by atoms with Gasteiger partial charge >= 0.3 is 0 Å². The third-order valence-electron chi connectivity index (χ3n) is 3.98. The van der Waals surface area contributed by atoms with Gasteiger partial charge in [-0.15, -0.1) is 0 Å². The molecule has 1 aliphatic heterocycles. The Bertz CT molecular complexity index is 778. The molecule has 2 aromatic rings. The number of ether oxygens (including phenoxy) is 1. The Morgan fingerprint density at radius 2 is 2.04 bits per heavy atom. The van der Waals surface area contributed by atoms with E-state index < -0.39 is 0 Å². The molecule has 124 valence electrons. The minimum atomic E-state index is -0.379. The highest BCUT2D eigenvalue weighted by molar-refractivity contribution is 9.10. The molecule has 0 aliphatic carbocycles. The summed E-state index contributed by atoms with van der Waals surface area (Å²) in [4.78, 5) is 26.4. The van der Waals surface area contributed by atoms with E-state index >= 15 is 0 Å². The summed E-state index contributed by atoms with van der Waals surface area (Å²) >= 11 is 3.45. The Hall–Kier alpha value is -2.34. The molecule has 3 rings (SSSR count). The van der Waals surface area contributed by atoms with E-state index in [9.17, 15) is 9.59 Å². The molecule has 1 heterocycles. The molecule has 1 fully saturated rings. The van der Waals surface area contributed by atoms with Crippen LogP contribution in [0.3, 0.4) is 0 Å². The van der Waals surface area contributed by atoms with Crippen LogP contribution in [0.15, 0.2) is 53.0 Å². The summed E-state index contributed by atoms with van der Waals surface area (Å²) in [6.45, 7) is 0.372. The SMILES string of the molecule is COc1cccc(NC(=O)C2CC(=O)N(c3ccccc3Br)C2)c1. The predicted octanol–water partition coefficient (Wildman–Crippen LogP) is 3.45. The zero-order valence-electron chi connectivity index (χ0n) is 13.2. The largest absolute Gasteiger partial charge is 0.497 e. The summed E-state index contributed by atoms with van der Waals surface area (Å²) < 4.78 is 5.99. The Labute approximate surface area is 148 Å². The van der Waals surface area contributed by atoms with Crippen LogP contribution in [0.1, 0.15) is 6.42 Å². The first-order valence-electron chi connectivity index (χ1n) is 7.58. The predicted molar refractivity (Wildman–Crippen MR) is 96.2 cm³/mol. The van der Waals surface area contributed by atoms with Gasteiger partial charge in [-0.05, 0) is 40.2 Å². The fraction of sp³-hybridized carbons (Fsp3) is 0.222. The van der Waals surface area contributed by atoms with E-state index in [-0.39, 0.29) is 24.2 Å². The number of para-hydroxylation sites is 1. The third-order valence-corrected chi connectivity index (χ3v) is 4.65. The van der Waals surface area contributed by atoms with Crippen LogP contribution in [0.25, 0.3) is 0 Å². The lowest BCUT2D eigenvalue weighted by Gasteiger charge is -2.18. The number of hydrogen-bond donors (Lipinski definition) is 1. The zero-order valence-corrected chi connectivity index (χ0v) is 14.7. The van der Waals surface area contributed by atoms with Crippen molar-refractivity contribution in [3.05, 3.63) is 53.0 Å². The zero-order chi connectivity index (χ0) is 17.1. The standard InChI is InChI=1S/C18H17BrN2O3/c1-24-14-6-4-5-13(10-14)20-18(23)12-9-17(22)21(11-12)16-8-3-2-7-15(16)19/h2-8,10,12H,9,11H2,1H3,(H,20,23). The highest BCUT2D eigenvalue weighted by Crippen LogP contribution is 2.31. The van der Waals surface area contributed by atoms with Gasteiger partial charge in [0.15, 0.2) is 0 Å². The van der Waals surface area contributed by atoms with Crippen LogP contribution in [0.5, 0.6) is 5.75 Å². The van der Waals surface area contributed by atoms with Gasteiger partial charge < -0.3 is 15.0 Å². The second kappa shape index (κ2) is 7.05. The van der Waals surface area contributed by atoms with Crippen molar-refractivity contribution in [2.45, 2.75) is 6.42 Å². The maximum atomic E-state index is 12.5. The first-order chi connectivity index (χ1) is 11.6. The van der Waals surface area contributed by atoms with Gasteiger partial charge in [-0.2, -0.15) is 0 Å². The van der Waals surface area contributed by atoms with Gasteiger partial charge in [-0.1, -0.05) is 18.2 Å².